The highest BCUT2D eigenvalue weighted by Crippen LogP contribution is 2.43. The summed E-state index contributed by atoms with van der Waals surface area (Å²) in [5.74, 6) is 0. The van der Waals surface area contributed by atoms with Crippen LogP contribution in [0.1, 0.15) is 11.1 Å². The summed E-state index contributed by atoms with van der Waals surface area (Å²) >= 11 is 0. The first-order chi connectivity index (χ1) is 27.3. The number of hydrogen-bond acceptors (Lipinski definition) is 1. The number of benzene rings is 9. The van der Waals surface area contributed by atoms with Gasteiger partial charge in [0, 0.05) is 33.5 Å². The summed E-state index contributed by atoms with van der Waals surface area (Å²) in [5.41, 5.74) is 17.4. The number of fused-ring (bicyclic) bond motifs is 7. The van der Waals surface area contributed by atoms with Crippen molar-refractivity contribution in [2.45, 2.75) is 6.42 Å². The maximum absolute atomic E-state index is 2.38. The molecule has 0 unspecified atom stereocenters. The van der Waals surface area contributed by atoms with Crippen LogP contribution in [0.4, 0.5) is 17.1 Å². The van der Waals surface area contributed by atoms with Crippen molar-refractivity contribution in [3.63, 3.8) is 0 Å². The highest BCUT2D eigenvalue weighted by Gasteiger charge is 2.22. The highest BCUT2D eigenvalue weighted by atomic mass is 15.1. The van der Waals surface area contributed by atoms with Gasteiger partial charge in [0.2, 0.25) is 0 Å². The normalized spacial score (nSPS) is 11.9. The van der Waals surface area contributed by atoms with Crippen LogP contribution in [0.2, 0.25) is 0 Å². The molecule has 0 saturated heterocycles. The first-order valence-corrected chi connectivity index (χ1v) is 19.1. The molecule has 1 aliphatic rings. The molecular weight excluding hydrogens is 665 g/mol. The number of rotatable bonds is 6. The van der Waals surface area contributed by atoms with Gasteiger partial charge in [-0.05, 0) is 128 Å². The fourth-order valence-electron chi connectivity index (χ4n) is 8.79. The van der Waals surface area contributed by atoms with E-state index in [4.69, 9.17) is 0 Å². The average Bonchev–Trinajstić information content (AvgIpc) is 3.81. The molecule has 1 heterocycles. The fraction of sp³-hybridized carbons (Fsp3) is 0.0189. The summed E-state index contributed by atoms with van der Waals surface area (Å²) in [5, 5.41) is 5.04. The lowest BCUT2D eigenvalue weighted by Crippen LogP contribution is -2.10. The molecule has 258 valence electrons. The minimum Gasteiger partial charge on any atom is -0.311 e. The van der Waals surface area contributed by atoms with E-state index in [1.807, 2.05) is 0 Å². The van der Waals surface area contributed by atoms with Crippen LogP contribution in [0.15, 0.2) is 206 Å². The summed E-state index contributed by atoms with van der Waals surface area (Å²) < 4.78 is 2.38. The van der Waals surface area contributed by atoms with Gasteiger partial charge in [0.05, 0.1) is 11.0 Å². The molecule has 11 rings (SSSR count). The number of nitrogens with zero attached hydrogens (tertiary/aromatic N) is 2. The van der Waals surface area contributed by atoms with Crippen molar-refractivity contribution in [1.82, 2.24) is 4.57 Å². The summed E-state index contributed by atoms with van der Waals surface area (Å²) in [7, 11) is 0. The predicted molar refractivity (Wildman–Crippen MR) is 232 cm³/mol. The Hall–Kier alpha value is -7.16. The summed E-state index contributed by atoms with van der Waals surface area (Å²) in [6, 6.07) is 75.4. The maximum Gasteiger partial charge on any atom is 0.0541 e. The van der Waals surface area contributed by atoms with Gasteiger partial charge in [-0.1, -0.05) is 140 Å². The van der Waals surface area contributed by atoms with E-state index in [0.717, 1.165) is 29.2 Å². The van der Waals surface area contributed by atoms with Gasteiger partial charge in [0.25, 0.3) is 0 Å². The van der Waals surface area contributed by atoms with Crippen LogP contribution in [0.5, 0.6) is 0 Å². The topological polar surface area (TPSA) is 8.17 Å². The van der Waals surface area contributed by atoms with Gasteiger partial charge in [0.15, 0.2) is 0 Å². The maximum atomic E-state index is 2.38. The van der Waals surface area contributed by atoms with Crippen LogP contribution in [0.3, 0.4) is 0 Å². The van der Waals surface area contributed by atoms with Gasteiger partial charge in [0.1, 0.15) is 0 Å². The van der Waals surface area contributed by atoms with Gasteiger partial charge in [-0.15, -0.1) is 0 Å². The summed E-state index contributed by atoms with van der Waals surface area (Å²) in [6.45, 7) is 0. The number of hydrogen-bond donors (Lipinski definition) is 0. The molecule has 0 N–H and O–H groups in total. The van der Waals surface area contributed by atoms with E-state index in [1.54, 1.807) is 0 Å². The Labute approximate surface area is 320 Å². The van der Waals surface area contributed by atoms with Gasteiger partial charge >= 0.3 is 0 Å². The fourth-order valence-corrected chi connectivity index (χ4v) is 8.79. The molecule has 55 heavy (non-hydrogen) atoms. The van der Waals surface area contributed by atoms with Crippen LogP contribution in [0, 0.1) is 0 Å². The van der Waals surface area contributed by atoms with Crippen molar-refractivity contribution in [2.24, 2.45) is 0 Å². The van der Waals surface area contributed by atoms with E-state index in [0.29, 0.717) is 0 Å². The average molecular weight is 701 g/mol. The number of aromatic nitrogens is 1. The van der Waals surface area contributed by atoms with Crippen molar-refractivity contribution in [2.75, 3.05) is 4.90 Å². The molecule has 9 aromatic carbocycles. The van der Waals surface area contributed by atoms with Crippen LogP contribution in [0.25, 0.3) is 71.6 Å². The second-order valence-corrected chi connectivity index (χ2v) is 14.5. The highest BCUT2D eigenvalue weighted by molar-refractivity contribution is 6.09. The van der Waals surface area contributed by atoms with Gasteiger partial charge in [-0.25, -0.2) is 0 Å². The minimum absolute atomic E-state index is 0.970. The Balaban J connectivity index is 0.996. The zero-order valence-corrected chi connectivity index (χ0v) is 30.2. The molecule has 1 aliphatic carbocycles. The van der Waals surface area contributed by atoms with Crippen LogP contribution >= 0.6 is 0 Å². The van der Waals surface area contributed by atoms with E-state index in [2.05, 4.69) is 216 Å². The predicted octanol–water partition coefficient (Wildman–Crippen LogP) is 14.3. The first-order valence-electron chi connectivity index (χ1n) is 19.1. The second-order valence-electron chi connectivity index (χ2n) is 14.5. The third kappa shape index (κ3) is 5.26. The van der Waals surface area contributed by atoms with Crippen molar-refractivity contribution in [3.05, 3.63) is 217 Å². The second kappa shape index (κ2) is 12.8. The quantitative estimate of drug-likeness (QED) is 0.168. The minimum atomic E-state index is 0.970. The standard InChI is InChI=1S/C53H36N2/c1-2-11-39-34-40(21-20-36(39)10-1)37-22-26-42(27-23-37)54(43-28-24-38(25-29-43)46-16-9-17-48-47-13-4-3-12-41(47)35-51(46)48)44-30-32-45(33-31-44)55-52-18-7-5-14-49(52)50-15-6-8-19-53(50)55/h1-34H,35H2. The zero-order valence-electron chi connectivity index (χ0n) is 30.2. The van der Waals surface area contributed by atoms with E-state index in [9.17, 15) is 0 Å². The molecule has 0 fully saturated rings. The monoisotopic (exact) mass is 700 g/mol. The Morgan fingerprint density at radius 3 is 1.60 bits per heavy atom. The molecular formula is C53H36N2. The molecule has 0 aliphatic heterocycles. The van der Waals surface area contributed by atoms with Crippen LogP contribution < -0.4 is 4.90 Å². The van der Waals surface area contributed by atoms with Gasteiger partial charge in [-0.3, -0.25) is 0 Å². The van der Waals surface area contributed by atoms with Crippen LogP contribution in [-0.2, 0) is 6.42 Å². The van der Waals surface area contributed by atoms with E-state index >= 15 is 0 Å². The molecule has 0 bridgehead atoms. The Bertz CT molecular complexity index is 2990. The molecule has 0 atom stereocenters. The van der Waals surface area contributed by atoms with E-state index < -0.39 is 0 Å². The molecule has 10 aromatic rings. The van der Waals surface area contributed by atoms with Crippen molar-refractivity contribution in [1.29, 1.82) is 0 Å². The van der Waals surface area contributed by atoms with Gasteiger partial charge in [-0.2, -0.15) is 0 Å². The smallest absolute Gasteiger partial charge is 0.0541 e. The molecule has 2 nitrogen and oxygen atoms in total. The van der Waals surface area contributed by atoms with Gasteiger partial charge < -0.3 is 9.47 Å². The lowest BCUT2D eigenvalue weighted by atomic mass is 9.95. The van der Waals surface area contributed by atoms with E-state index in [1.165, 1.54) is 77.1 Å². The SMILES string of the molecule is c1ccc2c(c1)Cc1c(-c3ccc(N(c4ccc(-c5ccc6ccccc6c5)cc4)c4ccc(-n5c6ccccc6c6ccccc65)cc4)cc3)cccc1-2. The third-order valence-corrected chi connectivity index (χ3v) is 11.4. The largest absolute Gasteiger partial charge is 0.311 e. The third-order valence-electron chi connectivity index (χ3n) is 11.4. The molecule has 0 saturated carbocycles. The number of para-hydroxylation sites is 2. The van der Waals surface area contributed by atoms with Crippen molar-refractivity contribution in [3.8, 4) is 39.1 Å². The lowest BCUT2D eigenvalue weighted by molar-refractivity contribution is 1.17. The Kier molecular flexibility index (Phi) is 7.28. The lowest BCUT2D eigenvalue weighted by Gasteiger charge is -2.26. The first kappa shape index (κ1) is 31.4. The molecule has 1 aromatic heterocycles. The van der Waals surface area contributed by atoms with Crippen molar-refractivity contribution < 1.29 is 0 Å². The number of anilines is 3. The summed E-state index contributed by atoms with van der Waals surface area (Å²) in [4.78, 5) is 2.37. The zero-order chi connectivity index (χ0) is 36.3. The Morgan fingerprint density at radius 2 is 0.891 bits per heavy atom. The van der Waals surface area contributed by atoms with E-state index in [-0.39, 0.29) is 0 Å². The summed E-state index contributed by atoms with van der Waals surface area (Å²) in [6.07, 6.45) is 0.970. The molecule has 0 spiro atoms. The van der Waals surface area contributed by atoms with Crippen LogP contribution in [-0.4, -0.2) is 4.57 Å². The van der Waals surface area contributed by atoms with Crippen molar-refractivity contribution >= 4 is 49.6 Å². The molecule has 0 amide bonds. The molecule has 0 radical (unpaired) electrons. The Morgan fingerprint density at radius 1 is 0.364 bits per heavy atom. The molecule has 2 heteroatoms.